The maximum absolute atomic E-state index is 13.1. The summed E-state index contributed by atoms with van der Waals surface area (Å²) in [6.07, 6.45) is 3.66. The first-order chi connectivity index (χ1) is 16.1. The van der Waals surface area contributed by atoms with E-state index in [9.17, 15) is 9.90 Å². The third-order valence-electron chi connectivity index (χ3n) is 6.14. The molecule has 1 aliphatic heterocycles. The van der Waals surface area contributed by atoms with Crippen molar-refractivity contribution in [2.45, 2.75) is 19.3 Å². The second-order valence-corrected chi connectivity index (χ2v) is 8.18. The number of methoxy groups -OCH3 is 1. The molecule has 1 fully saturated rings. The van der Waals surface area contributed by atoms with E-state index in [0.29, 0.717) is 39.2 Å². The SMILES string of the molecule is COC(=O)c1c(-c2ccc(O)cc2)nc2n[nH]c(N)c2c1-c1ccc(N2CCCCC2)cc1. The first-order valence-corrected chi connectivity index (χ1v) is 11.0. The van der Waals surface area contributed by atoms with Crippen LogP contribution < -0.4 is 10.6 Å². The fourth-order valence-electron chi connectivity index (χ4n) is 4.49. The van der Waals surface area contributed by atoms with Gasteiger partial charge in [0.05, 0.1) is 23.8 Å². The van der Waals surface area contributed by atoms with Crippen LogP contribution in [0.2, 0.25) is 0 Å². The lowest BCUT2D eigenvalue weighted by Crippen LogP contribution is -2.29. The first kappa shape index (κ1) is 20.8. The standard InChI is InChI=1S/C25H25N5O3/c1-33-25(32)20-19(15-5-9-17(10-6-15)30-13-3-2-4-14-30)21-23(26)28-29-24(21)27-22(20)16-7-11-18(31)12-8-16/h5-12,31H,2-4,13-14H2,1H3,(H3,26,27,28,29). The molecule has 0 spiro atoms. The first-order valence-electron chi connectivity index (χ1n) is 11.0. The van der Waals surface area contributed by atoms with Gasteiger partial charge in [-0.15, -0.1) is 0 Å². The van der Waals surface area contributed by atoms with E-state index in [2.05, 4.69) is 32.2 Å². The highest BCUT2D eigenvalue weighted by atomic mass is 16.5. The van der Waals surface area contributed by atoms with Gasteiger partial charge in [0.15, 0.2) is 5.65 Å². The van der Waals surface area contributed by atoms with E-state index in [1.807, 2.05) is 12.1 Å². The molecule has 33 heavy (non-hydrogen) atoms. The van der Waals surface area contributed by atoms with Crippen LogP contribution in [0.15, 0.2) is 48.5 Å². The van der Waals surface area contributed by atoms with Gasteiger partial charge in [0.25, 0.3) is 0 Å². The van der Waals surface area contributed by atoms with Gasteiger partial charge >= 0.3 is 5.97 Å². The summed E-state index contributed by atoms with van der Waals surface area (Å²) in [6, 6.07) is 14.7. The lowest BCUT2D eigenvalue weighted by atomic mass is 9.93. The summed E-state index contributed by atoms with van der Waals surface area (Å²) in [6.45, 7) is 2.10. The van der Waals surface area contributed by atoms with E-state index in [0.717, 1.165) is 24.3 Å². The molecule has 8 heteroatoms. The molecular formula is C25H25N5O3. The van der Waals surface area contributed by atoms with Gasteiger partial charge in [-0.3, -0.25) is 5.10 Å². The molecule has 0 aliphatic carbocycles. The summed E-state index contributed by atoms with van der Waals surface area (Å²) in [4.78, 5) is 20.1. The number of carbonyl (C=O) groups is 1. The normalized spacial score (nSPS) is 13.9. The Balaban J connectivity index is 1.73. The van der Waals surface area contributed by atoms with Crippen molar-refractivity contribution in [2.75, 3.05) is 30.8 Å². The Labute approximate surface area is 191 Å². The molecule has 2 aromatic carbocycles. The molecule has 2 aromatic heterocycles. The monoisotopic (exact) mass is 443 g/mol. The molecule has 3 heterocycles. The zero-order valence-electron chi connectivity index (χ0n) is 18.3. The van der Waals surface area contributed by atoms with Crippen LogP contribution >= 0.6 is 0 Å². The van der Waals surface area contributed by atoms with Crippen molar-refractivity contribution in [1.29, 1.82) is 0 Å². The van der Waals surface area contributed by atoms with Gasteiger partial charge in [-0.25, -0.2) is 9.78 Å². The van der Waals surface area contributed by atoms with Crippen molar-refractivity contribution >= 4 is 28.5 Å². The fourth-order valence-corrected chi connectivity index (χ4v) is 4.49. The van der Waals surface area contributed by atoms with Gasteiger partial charge in [0.1, 0.15) is 11.6 Å². The number of anilines is 2. The number of phenolic OH excluding ortho intramolecular Hbond substituents is 1. The van der Waals surface area contributed by atoms with E-state index in [1.54, 1.807) is 24.3 Å². The number of nitrogens with two attached hydrogens (primary N) is 1. The van der Waals surface area contributed by atoms with Crippen molar-refractivity contribution < 1.29 is 14.6 Å². The number of nitrogens with zero attached hydrogens (tertiary/aromatic N) is 3. The summed E-state index contributed by atoms with van der Waals surface area (Å²) >= 11 is 0. The number of carbonyl (C=O) groups excluding carboxylic acids is 1. The number of aromatic hydroxyl groups is 1. The lowest BCUT2D eigenvalue weighted by molar-refractivity contribution is 0.0602. The van der Waals surface area contributed by atoms with Gasteiger partial charge in [-0.05, 0) is 61.2 Å². The smallest absolute Gasteiger partial charge is 0.340 e. The highest BCUT2D eigenvalue weighted by Gasteiger charge is 2.26. The number of aromatic nitrogens is 3. The average Bonchev–Trinajstić information content (AvgIpc) is 3.24. The zero-order valence-corrected chi connectivity index (χ0v) is 18.3. The van der Waals surface area contributed by atoms with E-state index >= 15 is 0 Å². The zero-order chi connectivity index (χ0) is 22.9. The third kappa shape index (κ3) is 3.73. The number of nitrogen functional groups attached to an aromatic ring is 1. The molecule has 1 saturated heterocycles. The summed E-state index contributed by atoms with van der Waals surface area (Å²) < 4.78 is 5.16. The third-order valence-corrected chi connectivity index (χ3v) is 6.14. The van der Waals surface area contributed by atoms with Crippen LogP contribution in [-0.2, 0) is 4.74 Å². The molecule has 0 radical (unpaired) electrons. The van der Waals surface area contributed by atoms with Crippen LogP contribution in [0.3, 0.4) is 0 Å². The van der Waals surface area contributed by atoms with Crippen molar-refractivity contribution in [3.05, 3.63) is 54.1 Å². The number of esters is 1. The Morgan fingerprint density at radius 2 is 1.70 bits per heavy atom. The minimum atomic E-state index is -0.525. The van der Waals surface area contributed by atoms with Crippen LogP contribution in [0.4, 0.5) is 11.5 Å². The van der Waals surface area contributed by atoms with Crippen molar-refractivity contribution in [1.82, 2.24) is 15.2 Å². The Hall–Kier alpha value is -4.07. The topological polar surface area (TPSA) is 117 Å². The van der Waals surface area contributed by atoms with E-state index in [-0.39, 0.29) is 5.75 Å². The Kier molecular flexibility index (Phi) is 5.34. The molecule has 0 amide bonds. The van der Waals surface area contributed by atoms with Gasteiger partial charge in [0, 0.05) is 29.9 Å². The minimum Gasteiger partial charge on any atom is -0.508 e. The summed E-state index contributed by atoms with van der Waals surface area (Å²) in [7, 11) is 1.34. The van der Waals surface area contributed by atoms with Crippen LogP contribution in [-0.4, -0.2) is 46.5 Å². The Morgan fingerprint density at radius 1 is 1.03 bits per heavy atom. The highest BCUT2D eigenvalue weighted by Crippen LogP contribution is 2.40. The molecule has 4 aromatic rings. The van der Waals surface area contributed by atoms with Crippen molar-refractivity contribution in [3.8, 4) is 28.1 Å². The number of aromatic amines is 1. The number of nitrogens with one attached hydrogen (secondary N) is 1. The second-order valence-electron chi connectivity index (χ2n) is 8.18. The van der Waals surface area contributed by atoms with Crippen LogP contribution in [0.25, 0.3) is 33.4 Å². The van der Waals surface area contributed by atoms with Crippen LogP contribution in [0.1, 0.15) is 29.6 Å². The number of rotatable bonds is 4. The van der Waals surface area contributed by atoms with E-state index < -0.39 is 5.97 Å². The lowest BCUT2D eigenvalue weighted by Gasteiger charge is -2.29. The maximum Gasteiger partial charge on any atom is 0.340 e. The number of benzene rings is 2. The largest absolute Gasteiger partial charge is 0.508 e. The number of ether oxygens (including phenoxy) is 1. The molecule has 1 aliphatic rings. The second kappa shape index (κ2) is 8.46. The molecule has 168 valence electrons. The minimum absolute atomic E-state index is 0.122. The van der Waals surface area contributed by atoms with Crippen LogP contribution in [0, 0.1) is 0 Å². The summed E-state index contributed by atoms with van der Waals surface area (Å²) in [5.74, 6) is -0.0739. The molecule has 4 N–H and O–H groups in total. The molecule has 5 rings (SSSR count). The molecule has 0 unspecified atom stereocenters. The summed E-state index contributed by atoms with van der Waals surface area (Å²) in [5, 5.41) is 17.3. The quantitative estimate of drug-likeness (QED) is 0.401. The number of fused-ring (bicyclic) bond motifs is 1. The van der Waals surface area contributed by atoms with Crippen LogP contribution in [0.5, 0.6) is 5.75 Å². The van der Waals surface area contributed by atoms with Gasteiger partial charge < -0.3 is 20.5 Å². The Bertz CT molecular complexity index is 1310. The molecular weight excluding hydrogens is 418 g/mol. The molecule has 0 atom stereocenters. The van der Waals surface area contributed by atoms with Crippen molar-refractivity contribution in [2.24, 2.45) is 0 Å². The molecule has 0 saturated carbocycles. The highest BCUT2D eigenvalue weighted by molar-refractivity contribution is 6.13. The molecule has 0 bridgehead atoms. The maximum atomic E-state index is 13.1. The fraction of sp³-hybridized carbons (Fsp3) is 0.240. The number of pyridine rings is 1. The average molecular weight is 444 g/mol. The van der Waals surface area contributed by atoms with Crippen molar-refractivity contribution in [3.63, 3.8) is 0 Å². The number of piperidine rings is 1. The predicted octanol–water partition coefficient (Wildman–Crippen LogP) is 4.36. The number of hydrogen-bond donors (Lipinski definition) is 3. The number of H-pyrrole nitrogens is 1. The Morgan fingerprint density at radius 3 is 2.36 bits per heavy atom. The van der Waals surface area contributed by atoms with E-state index in [4.69, 9.17) is 10.5 Å². The van der Waals surface area contributed by atoms with Gasteiger partial charge in [-0.1, -0.05) is 12.1 Å². The summed E-state index contributed by atoms with van der Waals surface area (Å²) in [5.41, 5.74) is 10.6. The van der Waals surface area contributed by atoms with E-state index in [1.165, 1.54) is 26.4 Å². The number of phenols is 1. The number of hydrogen-bond acceptors (Lipinski definition) is 7. The van der Waals surface area contributed by atoms with Gasteiger partial charge in [0.2, 0.25) is 0 Å². The molecule has 8 nitrogen and oxygen atoms in total. The van der Waals surface area contributed by atoms with Gasteiger partial charge in [-0.2, -0.15) is 5.10 Å². The predicted molar refractivity (Wildman–Crippen MR) is 128 cm³/mol.